The number of carbonyl (C=O) groups excluding carboxylic acids is 1. The maximum absolute atomic E-state index is 13.0. The quantitative estimate of drug-likeness (QED) is 0.673. The predicted octanol–water partition coefficient (Wildman–Crippen LogP) is 3.91. The van der Waals surface area contributed by atoms with Gasteiger partial charge in [-0.25, -0.2) is 4.98 Å². The van der Waals surface area contributed by atoms with E-state index in [1.165, 1.54) is 5.56 Å². The van der Waals surface area contributed by atoms with Gasteiger partial charge in [0.1, 0.15) is 5.75 Å². The average Bonchev–Trinajstić information content (AvgIpc) is 3.08. The number of benzene rings is 1. The van der Waals surface area contributed by atoms with E-state index in [0.29, 0.717) is 11.6 Å². The maximum Gasteiger partial charge on any atom is 0.241 e. The molecule has 0 bridgehead atoms. The predicted molar refractivity (Wildman–Crippen MR) is 115 cm³/mol. The molecule has 1 aliphatic rings. The molecule has 7 heteroatoms. The van der Waals surface area contributed by atoms with Gasteiger partial charge in [0.15, 0.2) is 0 Å². The number of ether oxygens (including phenoxy) is 1. The zero-order chi connectivity index (χ0) is 20.9. The first-order chi connectivity index (χ1) is 14.6. The van der Waals surface area contributed by atoms with Gasteiger partial charge in [-0.2, -0.15) is 5.10 Å². The minimum atomic E-state index is -0.154. The van der Waals surface area contributed by atoms with Gasteiger partial charge in [0.25, 0.3) is 0 Å². The summed E-state index contributed by atoms with van der Waals surface area (Å²) in [7, 11) is 1.94. The van der Waals surface area contributed by atoms with E-state index in [0.717, 1.165) is 43.8 Å². The van der Waals surface area contributed by atoms with Crippen molar-refractivity contribution in [2.75, 3.05) is 11.9 Å². The van der Waals surface area contributed by atoms with Crippen LogP contribution in [0.5, 0.6) is 11.6 Å². The van der Waals surface area contributed by atoms with Crippen molar-refractivity contribution in [3.05, 3.63) is 66.1 Å². The van der Waals surface area contributed by atoms with Gasteiger partial charge in [0.05, 0.1) is 24.1 Å². The molecule has 1 aromatic carbocycles. The topological polar surface area (TPSA) is 72.3 Å². The first-order valence-corrected chi connectivity index (χ1v) is 10.3. The Morgan fingerprint density at radius 3 is 2.70 bits per heavy atom. The number of carbonyl (C=O) groups is 1. The summed E-state index contributed by atoms with van der Waals surface area (Å²) in [4.78, 5) is 19.6. The second kappa shape index (κ2) is 9.09. The molecule has 1 aliphatic heterocycles. The highest BCUT2D eigenvalue weighted by atomic mass is 16.5. The summed E-state index contributed by atoms with van der Waals surface area (Å²) in [6.07, 6.45) is 6.55. The summed E-state index contributed by atoms with van der Waals surface area (Å²) in [5.41, 5.74) is 2.97. The molecule has 3 aromatic rings. The zero-order valence-corrected chi connectivity index (χ0v) is 17.4. The lowest BCUT2D eigenvalue weighted by Gasteiger charge is -2.34. The molecule has 1 N–H and O–H groups in total. The Morgan fingerprint density at radius 1 is 1.17 bits per heavy atom. The molecular weight excluding hydrogens is 378 g/mol. The Morgan fingerprint density at radius 2 is 2.00 bits per heavy atom. The lowest BCUT2D eigenvalue weighted by molar-refractivity contribution is -0.122. The number of anilines is 1. The Bertz CT molecular complexity index is 985. The van der Waals surface area contributed by atoms with Crippen molar-refractivity contribution in [1.29, 1.82) is 0 Å². The van der Waals surface area contributed by atoms with Crippen molar-refractivity contribution in [2.24, 2.45) is 7.05 Å². The largest absolute Gasteiger partial charge is 0.439 e. The van der Waals surface area contributed by atoms with Crippen LogP contribution in [0.15, 0.2) is 54.9 Å². The highest BCUT2D eigenvalue weighted by Crippen LogP contribution is 2.23. The van der Waals surface area contributed by atoms with E-state index in [1.54, 1.807) is 12.3 Å². The van der Waals surface area contributed by atoms with Crippen molar-refractivity contribution >= 4 is 11.6 Å². The van der Waals surface area contributed by atoms with Crippen LogP contribution in [0.25, 0.3) is 0 Å². The van der Waals surface area contributed by atoms with E-state index in [9.17, 15) is 4.79 Å². The molecule has 156 valence electrons. The van der Waals surface area contributed by atoms with E-state index in [-0.39, 0.29) is 11.9 Å². The molecular formula is C23H27N5O2. The molecule has 0 aliphatic carbocycles. The molecule has 2 aromatic heterocycles. The summed E-state index contributed by atoms with van der Waals surface area (Å²) in [6, 6.07) is 12.9. The summed E-state index contributed by atoms with van der Waals surface area (Å²) in [5, 5.41) is 7.35. The molecule has 7 nitrogen and oxygen atoms in total. The van der Waals surface area contributed by atoms with Gasteiger partial charge < -0.3 is 10.1 Å². The van der Waals surface area contributed by atoms with Crippen LogP contribution in [0.3, 0.4) is 0 Å². The molecule has 3 heterocycles. The fourth-order valence-electron chi connectivity index (χ4n) is 3.74. The Kier molecular flexibility index (Phi) is 6.09. The van der Waals surface area contributed by atoms with E-state index in [1.807, 2.05) is 54.3 Å². The minimum Gasteiger partial charge on any atom is -0.439 e. The Labute approximate surface area is 176 Å². The SMILES string of the molecule is Cc1c(CN2CCCCC2C(=O)Nc2ccc(Oc3ccccc3)nc2)cnn1C. The average molecular weight is 406 g/mol. The molecule has 0 radical (unpaired) electrons. The summed E-state index contributed by atoms with van der Waals surface area (Å²) in [6.45, 7) is 3.71. The van der Waals surface area contributed by atoms with E-state index >= 15 is 0 Å². The molecule has 1 fully saturated rings. The van der Waals surface area contributed by atoms with Crippen LogP contribution in [0.2, 0.25) is 0 Å². The molecule has 30 heavy (non-hydrogen) atoms. The number of rotatable bonds is 6. The number of para-hydroxylation sites is 1. The number of nitrogens with one attached hydrogen (secondary N) is 1. The van der Waals surface area contributed by atoms with Crippen LogP contribution >= 0.6 is 0 Å². The number of piperidine rings is 1. The molecule has 1 saturated heterocycles. The first-order valence-electron chi connectivity index (χ1n) is 10.3. The Hall–Kier alpha value is -3.19. The van der Waals surface area contributed by atoms with Gasteiger partial charge in [-0.15, -0.1) is 0 Å². The summed E-state index contributed by atoms with van der Waals surface area (Å²) >= 11 is 0. The summed E-state index contributed by atoms with van der Waals surface area (Å²) in [5.74, 6) is 1.23. The van der Waals surface area contributed by atoms with E-state index in [4.69, 9.17) is 4.74 Å². The number of hydrogen-bond donors (Lipinski definition) is 1. The lowest BCUT2D eigenvalue weighted by Crippen LogP contribution is -2.46. The number of aromatic nitrogens is 3. The third kappa shape index (κ3) is 4.68. The van der Waals surface area contributed by atoms with Gasteiger partial charge in [-0.1, -0.05) is 24.6 Å². The van der Waals surface area contributed by atoms with Crippen molar-refractivity contribution < 1.29 is 9.53 Å². The standard InChI is InChI=1S/C23H27N5O2/c1-17-18(14-25-27(17)2)16-28-13-7-6-10-21(28)23(29)26-19-11-12-22(24-15-19)30-20-8-4-3-5-9-20/h3-5,8-9,11-12,14-15,21H,6-7,10,13,16H2,1-2H3,(H,26,29). The smallest absolute Gasteiger partial charge is 0.241 e. The molecule has 0 spiro atoms. The van der Waals surface area contributed by atoms with Crippen LogP contribution in [-0.2, 0) is 18.4 Å². The molecule has 4 rings (SSSR count). The third-order valence-corrected chi connectivity index (χ3v) is 5.60. The van der Waals surface area contributed by atoms with E-state index < -0.39 is 0 Å². The summed E-state index contributed by atoms with van der Waals surface area (Å²) < 4.78 is 7.59. The Balaban J connectivity index is 1.39. The van der Waals surface area contributed by atoms with Crippen molar-refractivity contribution in [3.8, 4) is 11.6 Å². The minimum absolute atomic E-state index is 0.00905. The second-order valence-corrected chi connectivity index (χ2v) is 7.65. The number of amides is 1. The number of aryl methyl sites for hydroxylation is 1. The normalized spacial score (nSPS) is 16.9. The van der Waals surface area contributed by atoms with Crippen molar-refractivity contribution in [1.82, 2.24) is 19.7 Å². The van der Waals surface area contributed by atoms with Crippen LogP contribution in [0, 0.1) is 6.92 Å². The number of pyridine rings is 1. The lowest BCUT2D eigenvalue weighted by atomic mass is 10.0. The van der Waals surface area contributed by atoms with Crippen LogP contribution in [0.4, 0.5) is 5.69 Å². The fraction of sp³-hybridized carbons (Fsp3) is 0.348. The molecule has 1 amide bonds. The van der Waals surface area contributed by atoms with Crippen molar-refractivity contribution in [3.63, 3.8) is 0 Å². The number of hydrogen-bond acceptors (Lipinski definition) is 5. The molecule has 0 saturated carbocycles. The zero-order valence-electron chi connectivity index (χ0n) is 17.4. The monoisotopic (exact) mass is 405 g/mol. The number of likely N-dealkylation sites (tertiary alicyclic amines) is 1. The molecule has 1 atom stereocenters. The third-order valence-electron chi connectivity index (χ3n) is 5.60. The van der Waals surface area contributed by atoms with Gasteiger partial charge >= 0.3 is 0 Å². The highest BCUT2D eigenvalue weighted by molar-refractivity contribution is 5.94. The highest BCUT2D eigenvalue weighted by Gasteiger charge is 2.29. The van der Waals surface area contributed by atoms with Gasteiger partial charge in [-0.3, -0.25) is 14.4 Å². The van der Waals surface area contributed by atoms with Gasteiger partial charge in [0.2, 0.25) is 11.8 Å². The van der Waals surface area contributed by atoms with Crippen LogP contribution in [0.1, 0.15) is 30.5 Å². The maximum atomic E-state index is 13.0. The van der Waals surface area contributed by atoms with Crippen LogP contribution in [-0.4, -0.2) is 38.2 Å². The first kappa shape index (κ1) is 20.1. The van der Waals surface area contributed by atoms with E-state index in [2.05, 4.69) is 27.2 Å². The molecule has 1 unspecified atom stereocenters. The number of nitrogens with zero attached hydrogens (tertiary/aromatic N) is 4. The van der Waals surface area contributed by atoms with Gasteiger partial charge in [0, 0.05) is 30.9 Å². The fourth-order valence-corrected chi connectivity index (χ4v) is 3.74. The van der Waals surface area contributed by atoms with Gasteiger partial charge in [-0.05, 0) is 44.5 Å². The second-order valence-electron chi connectivity index (χ2n) is 7.65. The van der Waals surface area contributed by atoms with Crippen molar-refractivity contribution in [2.45, 2.75) is 38.8 Å². The van der Waals surface area contributed by atoms with Crippen LogP contribution < -0.4 is 10.1 Å².